The Morgan fingerprint density at radius 2 is 2.21 bits per heavy atom. The lowest BCUT2D eigenvalue weighted by Gasteiger charge is -2.08. The number of alkyl halides is 2. The van der Waals surface area contributed by atoms with Gasteiger partial charge in [0.05, 0.1) is 5.56 Å². The highest BCUT2D eigenvalue weighted by atomic mass is 35.5. The van der Waals surface area contributed by atoms with Crippen LogP contribution in [0.1, 0.15) is 28.2 Å². The Bertz CT molecular complexity index is 382. The van der Waals surface area contributed by atoms with Gasteiger partial charge in [-0.3, -0.25) is 9.78 Å². The van der Waals surface area contributed by atoms with Gasteiger partial charge >= 0.3 is 0 Å². The van der Waals surface area contributed by atoms with Crippen LogP contribution in [0.25, 0.3) is 0 Å². The van der Waals surface area contributed by atoms with E-state index in [1.54, 1.807) is 0 Å². The van der Waals surface area contributed by atoms with E-state index in [1.165, 1.54) is 13.0 Å². The molecule has 3 nitrogen and oxygen atoms in total. The van der Waals surface area contributed by atoms with Crippen molar-refractivity contribution in [1.29, 1.82) is 0 Å². The third-order valence-corrected chi connectivity index (χ3v) is 1.80. The molecule has 0 aliphatic carbocycles. The van der Waals surface area contributed by atoms with Crippen molar-refractivity contribution in [1.82, 2.24) is 4.98 Å². The van der Waals surface area contributed by atoms with Crippen LogP contribution >= 0.6 is 11.6 Å². The summed E-state index contributed by atoms with van der Waals surface area (Å²) in [5, 5.41) is -1.02. The van der Waals surface area contributed by atoms with Crippen molar-refractivity contribution in [2.75, 3.05) is 5.73 Å². The second-order valence-electron chi connectivity index (χ2n) is 2.69. The van der Waals surface area contributed by atoms with Crippen LogP contribution in [0.2, 0.25) is 0 Å². The SMILES string of the molecule is Cc1cc(N)c(C(=O)Cl)c(C(F)F)n1. The second kappa shape index (κ2) is 3.88. The maximum atomic E-state index is 12.4. The molecule has 0 saturated carbocycles. The number of nitrogens with zero attached hydrogens (tertiary/aromatic N) is 1. The molecule has 0 aliphatic rings. The molecule has 76 valence electrons. The quantitative estimate of drug-likeness (QED) is 0.778. The van der Waals surface area contributed by atoms with Gasteiger partial charge in [-0.2, -0.15) is 0 Å². The summed E-state index contributed by atoms with van der Waals surface area (Å²) < 4.78 is 24.8. The van der Waals surface area contributed by atoms with Crippen LogP contribution in [0.15, 0.2) is 6.07 Å². The third-order valence-electron chi connectivity index (χ3n) is 1.61. The van der Waals surface area contributed by atoms with Gasteiger partial charge in [0.15, 0.2) is 0 Å². The van der Waals surface area contributed by atoms with Crippen molar-refractivity contribution >= 4 is 22.5 Å². The van der Waals surface area contributed by atoms with E-state index in [2.05, 4.69) is 4.98 Å². The zero-order chi connectivity index (χ0) is 10.9. The highest BCUT2D eigenvalue weighted by Crippen LogP contribution is 2.27. The summed E-state index contributed by atoms with van der Waals surface area (Å²) in [5.41, 5.74) is 4.55. The first-order valence-electron chi connectivity index (χ1n) is 3.68. The van der Waals surface area contributed by atoms with Gasteiger partial charge in [0.2, 0.25) is 0 Å². The van der Waals surface area contributed by atoms with Gasteiger partial charge in [0.1, 0.15) is 5.69 Å². The van der Waals surface area contributed by atoms with Crippen molar-refractivity contribution in [3.8, 4) is 0 Å². The molecule has 0 spiro atoms. The molecule has 1 aromatic heterocycles. The molecule has 0 radical (unpaired) electrons. The van der Waals surface area contributed by atoms with E-state index in [-0.39, 0.29) is 5.69 Å². The summed E-state index contributed by atoms with van der Waals surface area (Å²) >= 11 is 5.12. The number of hydrogen-bond donors (Lipinski definition) is 1. The molecule has 1 heterocycles. The van der Waals surface area contributed by atoms with Crippen LogP contribution < -0.4 is 5.73 Å². The molecule has 0 amide bonds. The first-order chi connectivity index (χ1) is 6.43. The van der Waals surface area contributed by atoms with E-state index >= 15 is 0 Å². The first kappa shape index (κ1) is 10.8. The summed E-state index contributed by atoms with van der Waals surface area (Å²) in [7, 11) is 0. The summed E-state index contributed by atoms with van der Waals surface area (Å²) in [4.78, 5) is 14.3. The Morgan fingerprint density at radius 3 is 2.64 bits per heavy atom. The minimum absolute atomic E-state index is 0.0761. The van der Waals surface area contributed by atoms with Gasteiger partial charge in [0.25, 0.3) is 11.7 Å². The lowest BCUT2D eigenvalue weighted by Crippen LogP contribution is -2.07. The van der Waals surface area contributed by atoms with Crippen LogP contribution in [-0.2, 0) is 0 Å². The standard InChI is InChI=1S/C8H7ClF2N2O/c1-3-2-4(12)5(7(9)14)6(13-3)8(10)11/h2,8H,1H3,(H2,12,13). The number of nitrogen functional groups attached to an aromatic ring is 1. The lowest BCUT2D eigenvalue weighted by molar-refractivity contribution is 0.106. The van der Waals surface area contributed by atoms with Crippen LogP contribution in [0.5, 0.6) is 0 Å². The average Bonchev–Trinajstić information content (AvgIpc) is 2.01. The molecular weight excluding hydrogens is 214 g/mol. The molecule has 0 aliphatic heterocycles. The van der Waals surface area contributed by atoms with Gasteiger partial charge in [-0.25, -0.2) is 8.78 Å². The molecule has 0 fully saturated rings. The predicted octanol–water partition coefficient (Wildman–Crippen LogP) is 2.29. The molecule has 6 heteroatoms. The van der Waals surface area contributed by atoms with Crippen molar-refractivity contribution in [2.45, 2.75) is 13.3 Å². The number of hydrogen-bond acceptors (Lipinski definition) is 3. The minimum atomic E-state index is -2.87. The number of rotatable bonds is 2. The zero-order valence-electron chi connectivity index (χ0n) is 7.22. The lowest BCUT2D eigenvalue weighted by atomic mass is 10.1. The van der Waals surface area contributed by atoms with Crippen molar-refractivity contribution in [3.05, 3.63) is 23.0 Å². The van der Waals surface area contributed by atoms with E-state index in [4.69, 9.17) is 17.3 Å². The zero-order valence-corrected chi connectivity index (χ0v) is 7.98. The Kier molecular flexibility index (Phi) is 3.00. The van der Waals surface area contributed by atoms with Crippen molar-refractivity contribution < 1.29 is 13.6 Å². The number of aryl methyl sites for hydroxylation is 1. The number of carbonyl (C=O) groups is 1. The number of carbonyl (C=O) groups excluding carboxylic acids is 1. The van der Waals surface area contributed by atoms with E-state index in [9.17, 15) is 13.6 Å². The Morgan fingerprint density at radius 1 is 1.64 bits per heavy atom. The van der Waals surface area contributed by atoms with Gasteiger partial charge in [-0.15, -0.1) is 0 Å². The van der Waals surface area contributed by atoms with Crippen molar-refractivity contribution in [3.63, 3.8) is 0 Å². The number of aromatic nitrogens is 1. The van der Waals surface area contributed by atoms with E-state index in [0.717, 1.165) is 0 Å². The number of nitrogens with two attached hydrogens (primary N) is 1. The topological polar surface area (TPSA) is 56.0 Å². The number of pyridine rings is 1. The average molecular weight is 221 g/mol. The first-order valence-corrected chi connectivity index (χ1v) is 4.06. The summed E-state index contributed by atoms with van der Waals surface area (Å²) in [5.74, 6) is 0. The molecule has 0 atom stereocenters. The van der Waals surface area contributed by atoms with Crippen LogP contribution in [0.3, 0.4) is 0 Å². The number of halogens is 3. The van der Waals surface area contributed by atoms with Gasteiger partial charge in [-0.05, 0) is 24.6 Å². The molecule has 0 bridgehead atoms. The highest BCUT2D eigenvalue weighted by molar-refractivity contribution is 6.68. The minimum Gasteiger partial charge on any atom is -0.398 e. The normalized spacial score (nSPS) is 10.6. The van der Waals surface area contributed by atoms with Gasteiger partial charge < -0.3 is 5.73 Å². The monoisotopic (exact) mass is 220 g/mol. The Hall–Kier alpha value is -1.23. The van der Waals surface area contributed by atoms with Gasteiger partial charge in [0, 0.05) is 11.4 Å². The smallest absolute Gasteiger partial charge is 0.281 e. The summed E-state index contributed by atoms with van der Waals surface area (Å²) in [6.07, 6.45) is -2.87. The van der Waals surface area contributed by atoms with Crippen LogP contribution in [0.4, 0.5) is 14.5 Å². The van der Waals surface area contributed by atoms with Crippen LogP contribution in [-0.4, -0.2) is 10.2 Å². The molecule has 1 rings (SSSR count). The second-order valence-corrected chi connectivity index (χ2v) is 3.03. The Labute approximate surface area is 83.9 Å². The van der Waals surface area contributed by atoms with E-state index in [1.807, 2.05) is 0 Å². The van der Waals surface area contributed by atoms with E-state index < -0.39 is 22.9 Å². The maximum Gasteiger partial charge on any atom is 0.281 e. The molecule has 0 saturated heterocycles. The fourth-order valence-electron chi connectivity index (χ4n) is 1.10. The predicted molar refractivity (Wildman–Crippen MR) is 48.5 cm³/mol. The molecule has 0 aromatic carbocycles. The molecular formula is C8H7ClF2N2O. The molecule has 0 unspecified atom stereocenters. The summed E-state index contributed by atoms with van der Waals surface area (Å²) in [6.45, 7) is 1.50. The molecule has 1 aromatic rings. The fourth-order valence-corrected chi connectivity index (χ4v) is 1.30. The molecule has 2 N–H and O–H groups in total. The Balaban J connectivity index is 3.44. The van der Waals surface area contributed by atoms with E-state index in [0.29, 0.717) is 5.69 Å². The van der Waals surface area contributed by atoms with Crippen molar-refractivity contribution in [2.24, 2.45) is 0 Å². The largest absolute Gasteiger partial charge is 0.398 e. The highest BCUT2D eigenvalue weighted by Gasteiger charge is 2.22. The maximum absolute atomic E-state index is 12.4. The third kappa shape index (κ3) is 1.98. The van der Waals surface area contributed by atoms with Gasteiger partial charge in [-0.1, -0.05) is 0 Å². The summed E-state index contributed by atoms with van der Waals surface area (Å²) in [6, 6.07) is 1.32. The molecule has 14 heavy (non-hydrogen) atoms. The number of anilines is 1. The fraction of sp³-hybridized carbons (Fsp3) is 0.250. The van der Waals surface area contributed by atoms with Crippen LogP contribution in [0, 0.1) is 6.92 Å².